The zero-order valence-corrected chi connectivity index (χ0v) is 11.0. The van der Waals surface area contributed by atoms with Crippen LogP contribution in [0, 0.1) is 6.92 Å². The number of anilines is 1. The van der Waals surface area contributed by atoms with E-state index in [-0.39, 0.29) is 0 Å². The van der Waals surface area contributed by atoms with E-state index in [2.05, 4.69) is 24.0 Å². The van der Waals surface area contributed by atoms with E-state index < -0.39 is 0 Å². The predicted octanol–water partition coefficient (Wildman–Crippen LogP) is 2.70. The number of benzene rings is 1. The summed E-state index contributed by atoms with van der Waals surface area (Å²) >= 11 is 0. The molecule has 2 heterocycles. The first-order valence-corrected chi connectivity index (χ1v) is 6.63. The van der Waals surface area contributed by atoms with Crippen molar-refractivity contribution >= 4 is 11.5 Å². The minimum absolute atomic E-state index is 0.420. The predicted molar refractivity (Wildman–Crippen MR) is 71.3 cm³/mol. The molecule has 0 spiro atoms. The average Bonchev–Trinajstić information content (AvgIpc) is 2.61. The van der Waals surface area contributed by atoms with Gasteiger partial charge in [-0.1, -0.05) is 0 Å². The van der Waals surface area contributed by atoms with Crippen molar-refractivity contribution in [1.29, 1.82) is 0 Å². The number of aryl methyl sites for hydroxylation is 1. The van der Waals surface area contributed by atoms with E-state index in [0.717, 1.165) is 31.4 Å². The van der Waals surface area contributed by atoms with Crippen LogP contribution < -0.4 is 9.64 Å². The molecular weight excluding hydrogens is 226 g/mol. The molecule has 0 radical (unpaired) electrons. The molecule has 1 aromatic rings. The van der Waals surface area contributed by atoms with Gasteiger partial charge in [0, 0.05) is 30.6 Å². The van der Waals surface area contributed by atoms with Crippen LogP contribution in [0.15, 0.2) is 18.2 Å². The highest BCUT2D eigenvalue weighted by molar-refractivity contribution is 5.83. The lowest BCUT2D eigenvalue weighted by atomic mass is 9.99. The largest absolute Gasteiger partial charge is 0.497 e. The van der Waals surface area contributed by atoms with Gasteiger partial charge < -0.3 is 9.64 Å². The number of carbonyl (C=O) groups excluding carboxylic acids is 1. The van der Waals surface area contributed by atoms with Gasteiger partial charge in [-0.25, -0.2) is 0 Å². The molecule has 2 unspecified atom stereocenters. The van der Waals surface area contributed by atoms with E-state index in [1.165, 1.54) is 11.3 Å². The Hall–Kier alpha value is -1.51. The average molecular weight is 245 g/mol. The first-order valence-electron chi connectivity index (χ1n) is 6.63. The Morgan fingerprint density at radius 3 is 2.44 bits per heavy atom. The number of methoxy groups -OCH3 is 1. The molecule has 2 bridgehead atoms. The van der Waals surface area contributed by atoms with Crippen LogP contribution in [0.3, 0.4) is 0 Å². The maximum absolute atomic E-state index is 11.6. The van der Waals surface area contributed by atoms with E-state index in [0.29, 0.717) is 17.9 Å². The Labute approximate surface area is 108 Å². The molecule has 1 aromatic carbocycles. The number of Topliss-reactive ketones (excluding diaryl/α,β-unsaturated/α-hetero) is 1. The molecule has 3 heteroatoms. The van der Waals surface area contributed by atoms with Crippen molar-refractivity contribution in [2.45, 2.75) is 44.7 Å². The second kappa shape index (κ2) is 4.30. The van der Waals surface area contributed by atoms with Crippen molar-refractivity contribution in [2.75, 3.05) is 12.0 Å². The van der Waals surface area contributed by atoms with E-state index in [4.69, 9.17) is 4.74 Å². The molecule has 0 aromatic heterocycles. The number of carbonyl (C=O) groups is 1. The lowest BCUT2D eigenvalue weighted by Crippen LogP contribution is -2.43. The fourth-order valence-corrected chi connectivity index (χ4v) is 3.41. The van der Waals surface area contributed by atoms with Gasteiger partial charge in [-0.3, -0.25) is 4.79 Å². The van der Waals surface area contributed by atoms with Crippen molar-refractivity contribution in [3.8, 4) is 5.75 Å². The maximum Gasteiger partial charge on any atom is 0.137 e. The summed E-state index contributed by atoms with van der Waals surface area (Å²) in [6, 6.07) is 7.06. The van der Waals surface area contributed by atoms with Crippen LogP contribution in [0.5, 0.6) is 5.75 Å². The molecule has 3 nitrogen and oxygen atoms in total. The highest BCUT2D eigenvalue weighted by atomic mass is 16.5. The van der Waals surface area contributed by atoms with Gasteiger partial charge in [0.15, 0.2) is 0 Å². The topological polar surface area (TPSA) is 29.5 Å². The summed E-state index contributed by atoms with van der Waals surface area (Å²) in [4.78, 5) is 14.1. The fraction of sp³-hybridized carbons (Fsp3) is 0.533. The smallest absolute Gasteiger partial charge is 0.137 e. The minimum atomic E-state index is 0.420. The molecule has 18 heavy (non-hydrogen) atoms. The summed E-state index contributed by atoms with van der Waals surface area (Å²) in [5, 5.41) is 0. The molecule has 96 valence electrons. The molecule has 2 aliphatic heterocycles. The number of ether oxygens (including phenoxy) is 1. The lowest BCUT2D eigenvalue weighted by molar-refractivity contribution is -0.120. The zero-order valence-electron chi connectivity index (χ0n) is 11.0. The monoisotopic (exact) mass is 245 g/mol. The van der Waals surface area contributed by atoms with Gasteiger partial charge in [0.1, 0.15) is 11.5 Å². The number of hydrogen-bond acceptors (Lipinski definition) is 3. The first kappa shape index (κ1) is 11.6. The van der Waals surface area contributed by atoms with Crippen LogP contribution in [0.4, 0.5) is 5.69 Å². The highest BCUT2D eigenvalue weighted by Gasteiger charge is 2.40. The summed E-state index contributed by atoms with van der Waals surface area (Å²) in [5.74, 6) is 1.33. The van der Waals surface area contributed by atoms with Gasteiger partial charge in [0.2, 0.25) is 0 Å². The van der Waals surface area contributed by atoms with Crippen LogP contribution in [-0.2, 0) is 4.79 Å². The number of piperidine rings is 1. The number of hydrogen-bond donors (Lipinski definition) is 0. The zero-order chi connectivity index (χ0) is 12.7. The van der Waals surface area contributed by atoms with Crippen molar-refractivity contribution < 1.29 is 9.53 Å². The molecule has 3 rings (SSSR count). The van der Waals surface area contributed by atoms with E-state index >= 15 is 0 Å². The fourth-order valence-electron chi connectivity index (χ4n) is 3.41. The van der Waals surface area contributed by atoms with Gasteiger partial charge in [0.25, 0.3) is 0 Å². The summed E-state index contributed by atoms with van der Waals surface area (Å²) in [5.41, 5.74) is 2.51. The number of nitrogens with zero attached hydrogens (tertiary/aromatic N) is 1. The molecule has 0 amide bonds. The van der Waals surface area contributed by atoms with Gasteiger partial charge in [-0.05, 0) is 43.5 Å². The Morgan fingerprint density at radius 1 is 1.22 bits per heavy atom. The van der Waals surface area contributed by atoms with Crippen molar-refractivity contribution in [2.24, 2.45) is 0 Å². The van der Waals surface area contributed by atoms with E-state index in [1.807, 2.05) is 6.07 Å². The third-order valence-electron chi connectivity index (χ3n) is 4.23. The third kappa shape index (κ3) is 1.78. The number of ketones is 1. The van der Waals surface area contributed by atoms with Crippen LogP contribution in [0.25, 0.3) is 0 Å². The maximum atomic E-state index is 11.6. The van der Waals surface area contributed by atoms with Crippen LogP contribution >= 0.6 is 0 Å². The van der Waals surface area contributed by atoms with Crippen LogP contribution in [-0.4, -0.2) is 25.0 Å². The molecule has 2 aliphatic rings. The van der Waals surface area contributed by atoms with Crippen molar-refractivity contribution in [1.82, 2.24) is 0 Å². The van der Waals surface area contributed by atoms with Crippen LogP contribution in [0.1, 0.15) is 31.2 Å². The van der Waals surface area contributed by atoms with Crippen molar-refractivity contribution in [3.63, 3.8) is 0 Å². The molecule has 2 fully saturated rings. The van der Waals surface area contributed by atoms with E-state index in [9.17, 15) is 4.79 Å². The molecular formula is C15H19NO2. The highest BCUT2D eigenvalue weighted by Crippen LogP contribution is 2.39. The van der Waals surface area contributed by atoms with E-state index in [1.54, 1.807) is 7.11 Å². The quantitative estimate of drug-likeness (QED) is 0.802. The Balaban J connectivity index is 1.94. The minimum Gasteiger partial charge on any atom is -0.497 e. The molecule has 2 saturated heterocycles. The summed E-state index contributed by atoms with van der Waals surface area (Å²) in [7, 11) is 1.69. The van der Waals surface area contributed by atoms with Crippen LogP contribution in [0.2, 0.25) is 0 Å². The second-order valence-corrected chi connectivity index (χ2v) is 5.39. The summed E-state index contributed by atoms with van der Waals surface area (Å²) in [6.45, 7) is 2.12. The second-order valence-electron chi connectivity index (χ2n) is 5.39. The number of rotatable bonds is 2. The standard InChI is InChI=1S/C15H19NO2/c1-10-7-14(18-2)5-6-15(10)16-11-3-4-12(16)9-13(17)8-11/h5-7,11-12H,3-4,8-9H2,1-2H3. The van der Waals surface area contributed by atoms with Gasteiger partial charge in [0.05, 0.1) is 7.11 Å². The number of fused-ring (bicyclic) bond motifs is 2. The van der Waals surface area contributed by atoms with Gasteiger partial charge in [-0.2, -0.15) is 0 Å². The SMILES string of the molecule is COc1ccc(N2C3CCC2CC(=O)C3)c(C)c1. The molecule has 2 atom stereocenters. The molecule has 0 saturated carbocycles. The normalized spacial score (nSPS) is 26.6. The van der Waals surface area contributed by atoms with Crippen molar-refractivity contribution in [3.05, 3.63) is 23.8 Å². The Kier molecular flexibility index (Phi) is 2.77. The lowest BCUT2D eigenvalue weighted by Gasteiger charge is -2.37. The van der Waals surface area contributed by atoms with Gasteiger partial charge in [-0.15, -0.1) is 0 Å². The first-order chi connectivity index (χ1) is 8.69. The summed E-state index contributed by atoms with van der Waals surface area (Å²) < 4.78 is 5.25. The summed E-state index contributed by atoms with van der Waals surface area (Å²) in [6.07, 6.45) is 3.76. The molecule has 0 N–H and O–H groups in total. The Bertz CT molecular complexity index is 467. The van der Waals surface area contributed by atoms with Gasteiger partial charge >= 0.3 is 0 Å². The Morgan fingerprint density at radius 2 is 1.89 bits per heavy atom. The third-order valence-corrected chi connectivity index (χ3v) is 4.23. The molecule has 0 aliphatic carbocycles.